The van der Waals surface area contributed by atoms with Crippen LogP contribution in [0, 0.1) is 20.8 Å². The molecule has 0 saturated heterocycles. The van der Waals surface area contributed by atoms with Gasteiger partial charge in [-0.05, 0) is 44.0 Å². The van der Waals surface area contributed by atoms with Gasteiger partial charge in [-0.2, -0.15) is 13.2 Å². The number of nitrogens with zero attached hydrogens (tertiary/aromatic N) is 2. The molecule has 1 amide bonds. The Morgan fingerprint density at radius 1 is 1.11 bits per heavy atom. The molecular weight excluding hydrogens is 371 g/mol. The maximum Gasteiger partial charge on any atom is 0.438 e. The number of hydrogen-bond acceptors (Lipinski definition) is 3. The third-order valence-electron chi connectivity index (χ3n) is 4.36. The highest BCUT2D eigenvalue weighted by molar-refractivity contribution is 5.93. The molecule has 0 aliphatic heterocycles. The van der Waals surface area contributed by atoms with E-state index in [0.717, 1.165) is 21.3 Å². The van der Waals surface area contributed by atoms with Crippen molar-refractivity contribution in [1.29, 1.82) is 0 Å². The number of aromatic nitrogens is 2. The van der Waals surface area contributed by atoms with Crippen molar-refractivity contribution < 1.29 is 18.0 Å². The van der Waals surface area contributed by atoms with Gasteiger partial charge in [0.2, 0.25) is 11.6 Å². The maximum absolute atomic E-state index is 13.2. The summed E-state index contributed by atoms with van der Waals surface area (Å²) in [5.74, 6) is -0.596. The summed E-state index contributed by atoms with van der Waals surface area (Å²) in [6.45, 7) is 5.02. The van der Waals surface area contributed by atoms with Crippen LogP contribution in [-0.2, 0) is 17.5 Å². The van der Waals surface area contributed by atoms with Gasteiger partial charge in [0.15, 0.2) is 0 Å². The first-order chi connectivity index (χ1) is 13.1. The molecule has 0 aliphatic carbocycles. The predicted molar refractivity (Wildman–Crippen MR) is 100 cm³/mol. The highest BCUT2D eigenvalue weighted by Crippen LogP contribution is 2.26. The molecule has 3 rings (SSSR count). The highest BCUT2D eigenvalue weighted by atomic mass is 19.4. The molecule has 0 fully saturated rings. The third-order valence-corrected chi connectivity index (χ3v) is 4.36. The van der Waals surface area contributed by atoms with Crippen molar-refractivity contribution in [2.45, 2.75) is 33.5 Å². The van der Waals surface area contributed by atoms with E-state index < -0.39 is 29.9 Å². The molecule has 0 spiro atoms. The molecule has 146 valence electrons. The lowest BCUT2D eigenvalue weighted by Crippen LogP contribution is -2.34. The van der Waals surface area contributed by atoms with E-state index >= 15 is 0 Å². The van der Waals surface area contributed by atoms with Gasteiger partial charge >= 0.3 is 6.18 Å². The Hall–Kier alpha value is -3.16. The van der Waals surface area contributed by atoms with Crippen LogP contribution in [0.4, 0.5) is 18.9 Å². The number of nitrogens with one attached hydrogen (secondary N) is 1. The Morgan fingerprint density at radius 3 is 2.32 bits per heavy atom. The van der Waals surface area contributed by atoms with Crippen molar-refractivity contribution >= 4 is 22.6 Å². The van der Waals surface area contributed by atoms with Gasteiger partial charge in [-0.1, -0.05) is 29.8 Å². The molecule has 0 saturated carbocycles. The van der Waals surface area contributed by atoms with Crippen LogP contribution in [0.5, 0.6) is 0 Å². The smallest absolute Gasteiger partial charge is 0.324 e. The quantitative estimate of drug-likeness (QED) is 0.737. The van der Waals surface area contributed by atoms with Crippen LogP contribution in [-0.4, -0.2) is 15.5 Å². The Balaban J connectivity index is 2.04. The number of fused-ring (bicyclic) bond motifs is 1. The van der Waals surface area contributed by atoms with Gasteiger partial charge < -0.3 is 5.32 Å². The van der Waals surface area contributed by atoms with Crippen molar-refractivity contribution in [3.63, 3.8) is 0 Å². The maximum atomic E-state index is 13.2. The van der Waals surface area contributed by atoms with Gasteiger partial charge in [0, 0.05) is 5.69 Å². The minimum absolute atomic E-state index is 0.00933. The van der Waals surface area contributed by atoms with Crippen molar-refractivity contribution in [3.8, 4) is 0 Å². The molecule has 0 radical (unpaired) electrons. The van der Waals surface area contributed by atoms with E-state index in [9.17, 15) is 22.8 Å². The molecule has 1 aromatic heterocycles. The zero-order chi connectivity index (χ0) is 20.6. The minimum atomic E-state index is -4.91. The fourth-order valence-corrected chi connectivity index (χ4v) is 3.23. The van der Waals surface area contributed by atoms with Crippen molar-refractivity contribution in [3.05, 3.63) is 69.1 Å². The van der Waals surface area contributed by atoms with Gasteiger partial charge in [-0.3, -0.25) is 14.2 Å². The summed E-state index contributed by atoms with van der Waals surface area (Å²) in [5.41, 5.74) is 0.526. The van der Waals surface area contributed by atoms with E-state index in [2.05, 4.69) is 10.3 Å². The van der Waals surface area contributed by atoms with E-state index in [0.29, 0.717) is 5.69 Å². The molecule has 0 atom stereocenters. The zero-order valence-corrected chi connectivity index (χ0v) is 15.5. The number of alkyl halides is 3. The number of rotatable bonds is 3. The van der Waals surface area contributed by atoms with Crippen LogP contribution in [0.2, 0.25) is 0 Å². The number of carbonyl (C=O) groups excluding carboxylic acids is 1. The molecule has 8 heteroatoms. The molecule has 1 N–H and O–H groups in total. The van der Waals surface area contributed by atoms with E-state index in [4.69, 9.17) is 0 Å². The van der Waals surface area contributed by atoms with Crippen LogP contribution < -0.4 is 10.9 Å². The second-order valence-electron chi connectivity index (χ2n) is 6.66. The SMILES string of the molecule is Cc1cc(C)c(NC(=O)Cn2c(=O)c(C(F)(F)F)nc3ccccc32)c(C)c1. The minimum Gasteiger partial charge on any atom is -0.324 e. The Kier molecular flexibility index (Phi) is 4.97. The first kappa shape index (κ1) is 19.6. The number of aryl methyl sites for hydroxylation is 3. The van der Waals surface area contributed by atoms with Gasteiger partial charge in [0.25, 0.3) is 5.56 Å². The number of amides is 1. The van der Waals surface area contributed by atoms with E-state index in [1.165, 1.54) is 18.2 Å². The number of halogens is 3. The van der Waals surface area contributed by atoms with Gasteiger partial charge in [0.1, 0.15) is 6.54 Å². The number of carbonyl (C=O) groups is 1. The summed E-state index contributed by atoms with van der Waals surface area (Å²) in [6, 6.07) is 9.69. The van der Waals surface area contributed by atoms with E-state index in [1.54, 1.807) is 6.07 Å². The van der Waals surface area contributed by atoms with Crippen LogP contribution >= 0.6 is 0 Å². The topological polar surface area (TPSA) is 64.0 Å². The lowest BCUT2D eigenvalue weighted by atomic mass is 10.1. The lowest BCUT2D eigenvalue weighted by molar-refractivity contribution is -0.142. The summed E-state index contributed by atoms with van der Waals surface area (Å²) in [6.07, 6.45) is -4.91. The molecule has 2 aromatic carbocycles. The largest absolute Gasteiger partial charge is 0.438 e. The number of anilines is 1. The highest BCUT2D eigenvalue weighted by Gasteiger charge is 2.37. The Bertz CT molecular complexity index is 1110. The van der Waals surface area contributed by atoms with Crippen LogP contribution in [0.25, 0.3) is 11.0 Å². The fourth-order valence-electron chi connectivity index (χ4n) is 3.23. The first-order valence-corrected chi connectivity index (χ1v) is 8.52. The molecule has 3 aromatic rings. The summed E-state index contributed by atoms with van der Waals surface area (Å²) in [4.78, 5) is 28.4. The fraction of sp³-hybridized carbons (Fsp3) is 0.250. The number of hydrogen-bond donors (Lipinski definition) is 1. The second-order valence-corrected chi connectivity index (χ2v) is 6.66. The van der Waals surface area contributed by atoms with Crippen LogP contribution in [0.3, 0.4) is 0 Å². The van der Waals surface area contributed by atoms with Crippen LogP contribution in [0.1, 0.15) is 22.4 Å². The van der Waals surface area contributed by atoms with E-state index in [1.807, 2.05) is 32.9 Å². The van der Waals surface area contributed by atoms with Gasteiger partial charge in [0.05, 0.1) is 11.0 Å². The van der Waals surface area contributed by atoms with Crippen molar-refractivity contribution in [2.24, 2.45) is 0 Å². The average Bonchev–Trinajstić information content (AvgIpc) is 2.59. The Morgan fingerprint density at radius 2 is 1.71 bits per heavy atom. The molecule has 0 unspecified atom stereocenters. The predicted octanol–water partition coefficient (Wildman–Crippen LogP) is 3.98. The molecule has 0 aliphatic rings. The molecule has 1 heterocycles. The third kappa shape index (κ3) is 3.76. The molecule has 28 heavy (non-hydrogen) atoms. The standard InChI is InChI=1S/C20H18F3N3O2/c1-11-8-12(2)17(13(3)9-11)25-16(27)10-26-15-7-5-4-6-14(15)24-18(19(26)28)20(21,22)23/h4-9H,10H2,1-3H3,(H,25,27). The summed E-state index contributed by atoms with van der Waals surface area (Å²) in [7, 11) is 0. The molecule has 0 bridgehead atoms. The summed E-state index contributed by atoms with van der Waals surface area (Å²) < 4.78 is 40.4. The number of para-hydroxylation sites is 2. The lowest BCUT2D eigenvalue weighted by Gasteiger charge is -2.16. The van der Waals surface area contributed by atoms with Gasteiger partial charge in [-0.15, -0.1) is 0 Å². The summed E-state index contributed by atoms with van der Waals surface area (Å²) >= 11 is 0. The van der Waals surface area contributed by atoms with Crippen molar-refractivity contribution in [1.82, 2.24) is 9.55 Å². The Labute approximate surface area is 158 Å². The van der Waals surface area contributed by atoms with E-state index in [-0.39, 0.29) is 11.0 Å². The van der Waals surface area contributed by atoms with Gasteiger partial charge in [-0.25, -0.2) is 4.98 Å². The summed E-state index contributed by atoms with van der Waals surface area (Å²) in [5, 5.41) is 2.70. The zero-order valence-electron chi connectivity index (χ0n) is 15.5. The average molecular weight is 389 g/mol. The first-order valence-electron chi connectivity index (χ1n) is 8.52. The monoisotopic (exact) mass is 389 g/mol. The normalized spacial score (nSPS) is 11.6. The van der Waals surface area contributed by atoms with Crippen LogP contribution in [0.15, 0.2) is 41.2 Å². The number of benzene rings is 2. The molecular formula is C20H18F3N3O2. The van der Waals surface area contributed by atoms with Crippen molar-refractivity contribution in [2.75, 3.05) is 5.32 Å². The molecule has 5 nitrogen and oxygen atoms in total. The second kappa shape index (κ2) is 7.10.